The number of carbonyl (C=O) groups excluding carboxylic acids is 1. The fourth-order valence-corrected chi connectivity index (χ4v) is 4.17. The molecule has 0 saturated heterocycles. The molecule has 1 N–H and O–H groups in total. The molecule has 1 aromatic heterocycles. The van der Waals surface area contributed by atoms with Gasteiger partial charge in [-0.05, 0) is 49.2 Å². The highest BCUT2D eigenvalue weighted by molar-refractivity contribution is 5.89. The fraction of sp³-hybridized carbons (Fsp3) is 0.452. The lowest BCUT2D eigenvalue weighted by molar-refractivity contribution is -0.121. The minimum Gasteiger partial charge on any atom is -0.494 e. The second-order valence-electron chi connectivity index (χ2n) is 9.46. The molecule has 3 aromatic rings. The molecule has 1 amide bonds. The van der Waals surface area contributed by atoms with Crippen molar-refractivity contribution in [2.45, 2.75) is 84.5 Å². The van der Waals surface area contributed by atoms with E-state index >= 15 is 0 Å². The fourth-order valence-electron chi connectivity index (χ4n) is 4.17. The van der Waals surface area contributed by atoms with Gasteiger partial charge in [-0.1, -0.05) is 83.4 Å². The first-order valence-electron chi connectivity index (χ1n) is 13.9. The molecule has 0 saturated carbocycles. The van der Waals surface area contributed by atoms with Gasteiger partial charge in [0.05, 0.1) is 18.5 Å². The van der Waals surface area contributed by atoms with Gasteiger partial charge in [-0.25, -0.2) is 10.1 Å². The Morgan fingerprint density at radius 1 is 0.892 bits per heavy atom. The molecule has 1 heterocycles. The lowest BCUT2D eigenvalue weighted by atomic mass is 10.1. The monoisotopic (exact) mass is 502 g/mol. The average molecular weight is 503 g/mol. The van der Waals surface area contributed by atoms with Gasteiger partial charge in [0.1, 0.15) is 11.4 Å². The van der Waals surface area contributed by atoms with Crippen molar-refractivity contribution in [1.29, 1.82) is 0 Å². The molecule has 6 heteroatoms. The summed E-state index contributed by atoms with van der Waals surface area (Å²) in [6.07, 6.45) is 16.2. The molecule has 198 valence electrons. The number of nitrogens with one attached hydrogen (secondary N) is 1. The summed E-state index contributed by atoms with van der Waals surface area (Å²) >= 11 is 0. The molecule has 0 atom stereocenters. The third-order valence-corrected chi connectivity index (χ3v) is 6.26. The molecular weight excluding hydrogens is 460 g/mol. The van der Waals surface area contributed by atoms with Crippen molar-refractivity contribution in [1.82, 2.24) is 15.2 Å². The number of carbonyl (C=O) groups is 1. The minimum atomic E-state index is -0.0476. The number of hydrogen-bond donors (Lipinski definition) is 1. The zero-order chi connectivity index (χ0) is 26.1. The Morgan fingerprint density at radius 3 is 2.24 bits per heavy atom. The van der Waals surface area contributed by atoms with Crippen LogP contribution in [0.25, 0.3) is 16.9 Å². The van der Waals surface area contributed by atoms with Crippen LogP contribution in [0.1, 0.15) is 90.0 Å². The third kappa shape index (κ3) is 9.87. The number of ether oxygens (including phenoxy) is 1. The van der Waals surface area contributed by atoms with Crippen molar-refractivity contribution < 1.29 is 9.53 Å². The van der Waals surface area contributed by atoms with E-state index in [1.165, 1.54) is 44.9 Å². The largest absolute Gasteiger partial charge is 0.494 e. The maximum Gasteiger partial charge on any atom is 0.240 e. The highest BCUT2D eigenvalue weighted by Gasteiger charge is 2.12. The highest BCUT2D eigenvalue weighted by atomic mass is 16.5. The molecule has 0 aliphatic heterocycles. The van der Waals surface area contributed by atoms with E-state index in [-0.39, 0.29) is 5.91 Å². The quantitative estimate of drug-likeness (QED) is 0.117. The summed E-state index contributed by atoms with van der Waals surface area (Å²) in [6, 6.07) is 17.9. The lowest BCUT2D eigenvalue weighted by Crippen LogP contribution is -2.16. The van der Waals surface area contributed by atoms with E-state index in [9.17, 15) is 4.79 Å². The summed E-state index contributed by atoms with van der Waals surface area (Å²) in [5, 5.41) is 9.06. The van der Waals surface area contributed by atoms with Gasteiger partial charge in [0.2, 0.25) is 5.91 Å². The van der Waals surface area contributed by atoms with Gasteiger partial charge in [0.15, 0.2) is 0 Å². The molecule has 0 unspecified atom stereocenters. The summed E-state index contributed by atoms with van der Waals surface area (Å²) in [7, 11) is 0. The Hall–Kier alpha value is -3.41. The van der Waals surface area contributed by atoms with E-state index in [4.69, 9.17) is 9.84 Å². The molecule has 0 bridgehead atoms. The number of amides is 1. The van der Waals surface area contributed by atoms with Gasteiger partial charge in [-0.15, -0.1) is 0 Å². The van der Waals surface area contributed by atoms with Crippen LogP contribution in [-0.4, -0.2) is 28.5 Å². The van der Waals surface area contributed by atoms with Crippen LogP contribution in [0.5, 0.6) is 5.75 Å². The highest BCUT2D eigenvalue weighted by Crippen LogP contribution is 2.25. The zero-order valence-corrected chi connectivity index (χ0v) is 22.5. The van der Waals surface area contributed by atoms with Crippen molar-refractivity contribution in [3.05, 3.63) is 66.4 Å². The van der Waals surface area contributed by atoms with E-state index in [1.54, 1.807) is 6.21 Å². The SMILES string of the molecule is CCCCCCCCCCCC(=O)NN=Cc1cn(-c2ccccc2)nc1-c1ccc(OCCC)cc1. The number of aromatic nitrogens is 2. The van der Waals surface area contributed by atoms with Crippen molar-refractivity contribution in [2.24, 2.45) is 5.10 Å². The number of unbranched alkanes of at least 4 members (excludes halogenated alkanes) is 8. The smallest absolute Gasteiger partial charge is 0.240 e. The maximum absolute atomic E-state index is 12.3. The van der Waals surface area contributed by atoms with Crippen LogP contribution in [0, 0.1) is 0 Å². The van der Waals surface area contributed by atoms with Gasteiger partial charge in [0.25, 0.3) is 0 Å². The number of rotatable bonds is 17. The first-order valence-corrected chi connectivity index (χ1v) is 13.9. The van der Waals surface area contributed by atoms with Gasteiger partial charge in [0, 0.05) is 23.7 Å². The van der Waals surface area contributed by atoms with Crippen molar-refractivity contribution in [3.63, 3.8) is 0 Å². The Bertz CT molecular complexity index is 1070. The van der Waals surface area contributed by atoms with E-state index < -0.39 is 0 Å². The normalized spacial score (nSPS) is 11.2. The van der Waals surface area contributed by atoms with Crippen LogP contribution in [0.3, 0.4) is 0 Å². The van der Waals surface area contributed by atoms with Crippen molar-refractivity contribution in [3.8, 4) is 22.7 Å². The van der Waals surface area contributed by atoms with Gasteiger partial charge in [-0.2, -0.15) is 10.2 Å². The van der Waals surface area contributed by atoms with Crippen LogP contribution in [0.4, 0.5) is 0 Å². The van der Waals surface area contributed by atoms with E-state index in [0.29, 0.717) is 13.0 Å². The molecule has 37 heavy (non-hydrogen) atoms. The second-order valence-corrected chi connectivity index (χ2v) is 9.46. The first-order chi connectivity index (χ1) is 18.2. The molecule has 0 spiro atoms. The van der Waals surface area contributed by atoms with Gasteiger partial charge in [-0.3, -0.25) is 4.79 Å². The van der Waals surface area contributed by atoms with E-state index in [0.717, 1.165) is 47.5 Å². The topological polar surface area (TPSA) is 68.5 Å². The molecule has 0 aliphatic carbocycles. The standard InChI is InChI=1S/C31H42N4O2/c1-3-5-6-7-8-9-10-11-15-18-30(36)33-32-24-27-25-35(28-16-13-12-14-17-28)34-31(27)26-19-21-29(22-20-26)37-23-4-2/h12-14,16-17,19-22,24-25H,3-11,15,18,23H2,1-2H3,(H,33,36). The number of hydrazone groups is 1. The lowest BCUT2D eigenvalue weighted by Gasteiger charge is -2.05. The average Bonchev–Trinajstić information content (AvgIpc) is 3.36. The number of nitrogens with zero attached hydrogens (tertiary/aromatic N) is 3. The summed E-state index contributed by atoms with van der Waals surface area (Å²) in [4.78, 5) is 12.3. The minimum absolute atomic E-state index is 0.0476. The van der Waals surface area contributed by atoms with Gasteiger partial charge < -0.3 is 4.74 Å². The number of hydrogen-bond acceptors (Lipinski definition) is 4. The Balaban J connectivity index is 1.56. The van der Waals surface area contributed by atoms with Gasteiger partial charge >= 0.3 is 0 Å². The summed E-state index contributed by atoms with van der Waals surface area (Å²) < 4.78 is 7.55. The Kier molecular flexibility index (Phi) is 12.5. The molecule has 0 fully saturated rings. The number of para-hydroxylation sites is 1. The molecule has 0 aliphatic rings. The predicted molar refractivity (Wildman–Crippen MR) is 152 cm³/mol. The van der Waals surface area contributed by atoms with Crippen LogP contribution in [0.15, 0.2) is 65.9 Å². The second kappa shape index (κ2) is 16.4. The van der Waals surface area contributed by atoms with Crippen molar-refractivity contribution in [2.75, 3.05) is 6.61 Å². The Labute approximate surface area is 222 Å². The van der Waals surface area contributed by atoms with E-state index in [2.05, 4.69) is 24.4 Å². The summed E-state index contributed by atoms with van der Waals surface area (Å²) in [5.41, 5.74) is 6.23. The zero-order valence-electron chi connectivity index (χ0n) is 22.5. The Morgan fingerprint density at radius 2 is 1.57 bits per heavy atom. The first kappa shape index (κ1) is 28.2. The number of benzene rings is 2. The third-order valence-electron chi connectivity index (χ3n) is 6.26. The molecule has 2 aromatic carbocycles. The van der Waals surface area contributed by atoms with Crippen LogP contribution in [-0.2, 0) is 4.79 Å². The van der Waals surface area contributed by atoms with Crippen LogP contribution in [0.2, 0.25) is 0 Å². The van der Waals surface area contributed by atoms with E-state index in [1.807, 2.05) is 65.5 Å². The molecular formula is C31H42N4O2. The van der Waals surface area contributed by atoms with Crippen molar-refractivity contribution >= 4 is 12.1 Å². The van der Waals surface area contributed by atoms with Crippen LogP contribution >= 0.6 is 0 Å². The molecule has 0 radical (unpaired) electrons. The molecule has 3 rings (SSSR count). The summed E-state index contributed by atoms with van der Waals surface area (Å²) in [5.74, 6) is 0.792. The molecule has 6 nitrogen and oxygen atoms in total. The maximum atomic E-state index is 12.3. The van der Waals surface area contributed by atoms with Crippen LogP contribution < -0.4 is 10.2 Å². The predicted octanol–water partition coefficient (Wildman–Crippen LogP) is 7.70. The summed E-state index contributed by atoms with van der Waals surface area (Å²) in [6.45, 7) is 5.03.